The van der Waals surface area contributed by atoms with Crippen molar-refractivity contribution < 1.29 is 4.79 Å². The number of hydrogen-bond donors (Lipinski definition) is 2. The Morgan fingerprint density at radius 3 is 3.12 bits per heavy atom. The van der Waals surface area contributed by atoms with E-state index < -0.39 is 0 Å². The van der Waals surface area contributed by atoms with Crippen LogP contribution in [0.5, 0.6) is 0 Å². The lowest BCUT2D eigenvalue weighted by atomic mass is 9.97. The van der Waals surface area contributed by atoms with Crippen molar-refractivity contribution >= 4 is 11.5 Å². The summed E-state index contributed by atoms with van der Waals surface area (Å²) in [7, 11) is 0. The van der Waals surface area contributed by atoms with Crippen LogP contribution in [-0.4, -0.2) is 23.4 Å². The number of hydrogen-bond acceptors (Lipinski definition) is 4. The smallest absolute Gasteiger partial charge is 0.166 e. The molecule has 17 heavy (non-hydrogen) atoms. The van der Waals surface area contributed by atoms with Gasteiger partial charge in [-0.3, -0.25) is 9.78 Å². The number of Topliss-reactive ketones (excluding diaryl/α,β-unsaturated/α-hetero) is 1. The molecule has 0 aromatic carbocycles. The molecule has 4 nitrogen and oxygen atoms in total. The van der Waals surface area contributed by atoms with Crippen molar-refractivity contribution in [3.63, 3.8) is 0 Å². The van der Waals surface area contributed by atoms with Gasteiger partial charge in [0.15, 0.2) is 5.78 Å². The number of nitrogens with one attached hydrogen (secondary N) is 1. The van der Waals surface area contributed by atoms with Gasteiger partial charge in [-0.2, -0.15) is 0 Å². The van der Waals surface area contributed by atoms with Gasteiger partial charge in [-0.05, 0) is 31.9 Å². The SMILES string of the molecule is Nc1ccncc1C(=O)CCC1CCCCN1. The molecule has 1 aromatic heterocycles. The highest BCUT2D eigenvalue weighted by atomic mass is 16.1. The van der Waals surface area contributed by atoms with E-state index in [2.05, 4.69) is 10.3 Å². The molecule has 0 amide bonds. The van der Waals surface area contributed by atoms with E-state index >= 15 is 0 Å². The summed E-state index contributed by atoms with van der Waals surface area (Å²) < 4.78 is 0. The first-order valence-corrected chi connectivity index (χ1v) is 6.23. The Kier molecular flexibility index (Phi) is 4.09. The standard InChI is InChI=1S/C13H19N3O/c14-12-6-8-15-9-11(12)13(17)5-4-10-3-1-2-7-16-10/h6,8-10,16H,1-5,7H2,(H2,14,15). The molecule has 2 rings (SSSR count). The molecule has 1 aromatic rings. The fourth-order valence-electron chi connectivity index (χ4n) is 2.25. The number of carbonyl (C=O) groups is 1. The second-order valence-corrected chi connectivity index (χ2v) is 4.57. The van der Waals surface area contributed by atoms with Gasteiger partial charge in [-0.1, -0.05) is 6.42 Å². The first kappa shape index (κ1) is 12.0. The summed E-state index contributed by atoms with van der Waals surface area (Å²) in [5.41, 5.74) is 6.84. The van der Waals surface area contributed by atoms with E-state index in [1.807, 2.05) is 0 Å². The number of piperidine rings is 1. The molecule has 0 bridgehead atoms. The van der Waals surface area contributed by atoms with Crippen molar-refractivity contribution in [3.05, 3.63) is 24.0 Å². The monoisotopic (exact) mass is 233 g/mol. The van der Waals surface area contributed by atoms with Gasteiger partial charge >= 0.3 is 0 Å². The van der Waals surface area contributed by atoms with Gasteiger partial charge in [0.2, 0.25) is 0 Å². The first-order chi connectivity index (χ1) is 8.27. The molecule has 92 valence electrons. The fourth-order valence-corrected chi connectivity index (χ4v) is 2.25. The van der Waals surface area contributed by atoms with E-state index in [1.54, 1.807) is 18.5 Å². The zero-order valence-electron chi connectivity index (χ0n) is 9.98. The summed E-state index contributed by atoms with van der Waals surface area (Å²) in [6.07, 6.45) is 8.30. The number of rotatable bonds is 4. The molecule has 1 unspecified atom stereocenters. The zero-order valence-corrected chi connectivity index (χ0v) is 9.98. The molecule has 3 N–H and O–H groups in total. The molecule has 1 aliphatic rings. The van der Waals surface area contributed by atoms with Crippen LogP contribution in [0.25, 0.3) is 0 Å². The average molecular weight is 233 g/mol. The molecular weight excluding hydrogens is 214 g/mol. The lowest BCUT2D eigenvalue weighted by Crippen LogP contribution is -2.34. The predicted molar refractivity (Wildman–Crippen MR) is 67.9 cm³/mol. The van der Waals surface area contributed by atoms with Crippen molar-refractivity contribution in [2.24, 2.45) is 0 Å². The largest absolute Gasteiger partial charge is 0.398 e. The molecule has 0 saturated carbocycles. The van der Waals surface area contributed by atoms with Crippen molar-refractivity contribution in [1.29, 1.82) is 0 Å². The first-order valence-electron chi connectivity index (χ1n) is 6.23. The third kappa shape index (κ3) is 3.27. The normalized spacial score (nSPS) is 20.1. The summed E-state index contributed by atoms with van der Waals surface area (Å²) in [6, 6.07) is 2.16. The van der Waals surface area contributed by atoms with E-state index in [-0.39, 0.29) is 5.78 Å². The lowest BCUT2D eigenvalue weighted by Gasteiger charge is -2.23. The molecule has 4 heteroatoms. The summed E-state index contributed by atoms with van der Waals surface area (Å²) in [6.45, 7) is 1.08. The number of pyridine rings is 1. The summed E-state index contributed by atoms with van der Waals surface area (Å²) in [5, 5.41) is 3.44. The Balaban J connectivity index is 1.87. The van der Waals surface area contributed by atoms with Crippen LogP contribution in [0.2, 0.25) is 0 Å². The van der Waals surface area contributed by atoms with Gasteiger partial charge in [0.05, 0.1) is 5.56 Å². The van der Waals surface area contributed by atoms with Crippen LogP contribution in [0.15, 0.2) is 18.5 Å². The van der Waals surface area contributed by atoms with Gasteiger partial charge < -0.3 is 11.1 Å². The molecule has 1 fully saturated rings. The van der Waals surface area contributed by atoms with Gasteiger partial charge in [0, 0.05) is 30.5 Å². The quantitative estimate of drug-likeness (QED) is 0.778. The van der Waals surface area contributed by atoms with Crippen LogP contribution in [0, 0.1) is 0 Å². The van der Waals surface area contributed by atoms with Crippen LogP contribution >= 0.6 is 0 Å². The molecule has 1 aliphatic heterocycles. The second-order valence-electron chi connectivity index (χ2n) is 4.57. The van der Waals surface area contributed by atoms with E-state index in [0.717, 1.165) is 13.0 Å². The van der Waals surface area contributed by atoms with Crippen molar-refractivity contribution in [2.75, 3.05) is 12.3 Å². The fraction of sp³-hybridized carbons (Fsp3) is 0.538. The number of nitrogens with two attached hydrogens (primary N) is 1. The summed E-state index contributed by atoms with van der Waals surface area (Å²) >= 11 is 0. The van der Waals surface area contributed by atoms with Gasteiger partial charge in [-0.15, -0.1) is 0 Å². The lowest BCUT2D eigenvalue weighted by molar-refractivity contribution is 0.0974. The Labute approximate surface area is 102 Å². The highest BCUT2D eigenvalue weighted by molar-refractivity contribution is 6.00. The predicted octanol–water partition coefficient (Wildman–Crippen LogP) is 1.77. The van der Waals surface area contributed by atoms with Crippen molar-refractivity contribution in [1.82, 2.24) is 10.3 Å². The maximum atomic E-state index is 12.0. The average Bonchev–Trinajstić information content (AvgIpc) is 2.38. The topological polar surface area (TPSA) is 68.0 Å². The number of aromatic nitrogens is 1. The summed E-state index contributed by atoms with van der Waals surface area (Å²) in [5.74, 6) is 0.1000. The van der Waals surface area contributed by atoms with Crippen LogP contribution in [-0.2, 0) is 0 Å². The van der Waals surface area contributed by atoms with Crippen molar-refractivity contribution in [2.45, 2.75) is 38.1 Å². The Hall–Kier alpha value is -1.42. The highest BCUT2D eigenvalue weighted by Gasteiger charge is 2.15. The molecule has 0 radical (unpaired) electrons. The third-order valence-corrected chi connectivity index (χ3v) is 3.29. The third-order valence-electron chi connectivity index (χ3n) is 3.29. The number of anilines is 1. The highest BCUT2D eigenvalue weighted by Crippen LogP contribution is 2.16. The molecular formula is C13H19N3O. The second kappa shape index (κ2) is 5.77. The van der Waals surface area contributed by atoms with Gasteiger partial charge in [0.1, 0.15) is 0 Å². The van der Waals surface area contributed by atoms with Crippen LogP contribution in [0.4, 0.5) is 5.69 Å². The molecule has 0 aliphatic carbocycles. The minimum absolute atomic E-state index is 0.1000. The van der Waals surface area contributed by atoms with Gasteiger partial charge in [-0.25, -0.2) is 0 Å². The van der Waals surface area contributed by atoms with E-state index in [1.165, 1.54) is 19.3 Å². The number of ketones is 1. The van der Waals surface area contributed by atoms with Crippen LogP contribution in [0.1, 0.15) is 42.5 Å². The number of nitrogen functional groups attached to an aromatic ring is 1. The Morgan fingerprint density at radius 1 is 1.53 bits per heavy atom. The molecule has 1 saturated heterocycles. The summed E-state index contributed by atoms with van der Waals surface area (Å²) in [4.78, 5) is 15.9. The Bertz CT molecular complexity index is 386. The van der Waals surface area contributed by atoms with E-state index in [4.69, 9.17) is 5.73 Å². The van der Waals surface area contributed by atoms with Crippen LogP contribution in [0.3, 0.4) is 0 Å². The maximum absolute atomic E-state index is 12.0. The molecule has 2 heterocycles. The number of carbonyl (C=O) groups excluding carboxylic acids is 1. The van der Waals surface area contributed by atoms with Crippen molar-refractivity contribution in [3.8, 4) is 0 Å². The molecule has 0 spiro atoms. The van der Waals surface area contributed by atoms with Crippen LogP contribution < -0.4 is 11.1 Å². The van der Waals surface area contributed by atoms with E-state index in [0.29, 0.717) is 23.7 Å². The minimum Gasteiger partial charge on any atom is -0.398 e. The maximum Gasteiger partial charge on any atom is 0.166 e. The van der Waals surface area contributed by atoms with E-state index in [9.17, 15) is 4.79 Å². The minimum atomic E-state index is 0.1000. The van der Waals surface area contributed by atoms with Gasteiger partial charge in [0.25, 0.3) is 0 Å². The zero-order chi connectivity index (χ0) is 12.1. The molecule has 1 atom stereocenters. The number of nitrogens with zero attached hydrogens (tertiary/aromatic N) is 1. The Morgan fingerprint density at radius 2 is 2.41 bits per heavy atom.